The van der Waals surface area contributed by atoms with E-state index in [2.05, 4.69) is 26.1 Å². The summed E-state index contributed by atoms with van der Waals surface area (Å²) in [5.74, 6) is -0.326. The minimum Gasteiger partial charge on any atom is -0.482 e. The number of esters is 1. The molecule has 2 rings (SSSR count). The number of para-hydroxylation sites is 2. The van der Waals surface area contributed by atoms with Gasteiger partial charge in [-0.3, -0.25) is 4.79 Å². The second-order valence-corrected chi connectivity index (χ2v) is 7.51. The summed E-state index contributed by atoms with van der Waals surface area (Å²) in [6.45, 7) is 9.45. The van der Waals surface area contributed by atoms with Gasteiger partial charge in [0.1, 0.15) is 5.75 Å². The summed E-state index contributed by atoms with van der Waals surface area (Å²) in [6.07, 6.45) is 0. The fraction of sp³-hybridized carbons (Fsp3) is 0.364. The summed E-state index contributed by atoms with van der Waals surface area (Å²) < 4.78 is 10.6. The Morgan fingerprint density at radius 1 is 0.926 bits per heavy atom. The third kappa shape index (κ3) is 5.84. The topological polar surface area (TPSA) is 64.6 Å². The molecule has 5 nitrogen and oxygen atoms in total. The fourth-order valence-corrected chi connectivity index (χ4v) is 2.72. The molecule has 0 fully saturated rings. The number of rotatable bonds is 6. The maximum atomic E-state index is 12.1. The summed E-state index contributed by atoms with van der Waals surface area (Å²) in [5, 5.41) is 2.78. The van der Waals surface area contributed by atoms with E-state index in [9.17, 15) is 9.59 Å². The van der Waals surface area contributed by atoms with Crippen LogP contribution in [0.15, 0.2) is 42.5 Å². The average Bonchev–Trinajstić information content (AvgIpc) is 2.61. The third-order valence-corrected chi connectivity index (χ3v) is 4.15. The van der Waals surface area contributed by atoms with Gasteiger partial charge in [0.15, 0.2) is 13.2 Å². The Labute approximate surface area is 160 Å². The van der Waals surface area contributed by atoms with E-state index < -0.39 is 5.97 Å². The van der Waals surface area contributed by atoms with Gasteiger partial charge in [0, 0.05) is 5.69 Å². The molecule has 144 valence electrons. The highest BCUT2D eigenvalue weighted by Crippen LogP contribution is 2.30. The maximum absolute atomic E-state index is 12.1. The van der Waals surface area contributed by atoms with Crippen molar-refractivity contribution in [2.45, 2.75) is 40.0 Å². The lowest BCUT2D eigenvalue weighted by atomic mass is 9.86. The van der Waals surface area contributed by atoms with Crippen molar-refractivity contribution in [3.8, 4) is 5.75 Å². The Balaban J connectivity index is 1.86. The molecular weight excluding hydrogens is 342 g/mol. The Kier molecular flexibility index (Phi) is 6.61. The lowest BCUT2D eigenvalue weighted by Gasteiger charge is -2.22. The molecule has 0 aromatic heterocycles. The van der Waals surface area contributed by atoms with Crippen molar-refractivity contribution in [3.05, 3.63) is 59.2 Å². The predicted octanol–water partition coefficient (Wildman–Crippen LogP) is 4.16. The molecule has 27 heavy (non-hydrogen) atoms. The van der Waals surface area contributed by atoms with Gasteiger partial charge in [0.2, 0.25) is 0 Å². The van der Waals surface area contributed by atoms with E-state index in [1.54, 1.807) is 0 Å². The van der Waals surface area contributed by atoms with Crippen LogP contribution in [0.4, 0.5) is 5.69 Å². The number of ether oxygens (including phenoxy) is 2. The Bertz CT molecular complexity index is 801. The molecule has 1 amide bonds. The maximum Gasteiger partial charge on any atom is 0.344 e. The first-order chi connectivity index (χ1) is 12.7. The minimum absolute atomic E-state index is 0.105. The number of carbonyl (C=O) groups is 2. The smallest absolute Gasteiger partial charge is 0.344 e. The lowest BCUT2D eigenvalue weighted by Crippen LogP contribution is -2.24. The van der Waals surface area contributed by atoms with Crippen LogP contribution in [0.3, 0.4) is 0 Å². The van der Waals surface area contributed by atoms with Gasteiger partial charge in [-0.1, -0.05) is 57.2 Å². The molecule has 0 unspecified atom stereocenters. The molecule has 0 bridgehead atoms. The van der Waals surface area contributed by atoms with Gasteiger partial charge in [-0.25, -0.2) is 4.79 Å². The number of hydrogen-bond acceptors (Lipinski definition) is 4. The highest BCUT2D eigenvalue weighted by atomic mass is 16.6. The van der Waals surface area contributed by atoms with Crippen molar-refractivity contribution < 1.29 is 19.1 Å². The molecule has 0 heterocycles. The summed E-state index contributed by atoms with van der Waals surface area (Å²) >= 11 is 0. The molecule has 2 aromatic carbocycles. The van der Waals surface area contributed by atoms with Gasteiger partial charge >= 0.3 is 5.97 Å². The second-order valence-electron chi connectivity index (χ2n) is 7.51. The van der Waals surface area contributed by atoms with E-state index in [1.807, 2.05) is 56.3 Å². The standard InChI is InChI=1S/C22H27NO4/c1-15-9-8-10-16(2)21(15)23-19(24)13-27-20(25)14-26-18-12-7-6-11-17(18)22(3,4)5/h6-12H,13-14H2,1-5H3,(H,23,24). The van der Waals surface area contributed by atoms with Gasteiger partial charge in [-0.2, -0.15) is 0 Å². The average molecular weight is 369 g/mol. The third-order valence-electron chi connectivity index (χ3n) is 4.15. The summed E-state index contributed by atoms with van der Waals surface area (Å²) in [4.78, 5) is 24.0. The number of benzene rings is 2. The van der Waals surface area contributed by atoms with Gasteiger partial charge in [-0.15, -0.1) is 0 Å². The summed E-state index contributed by atoms with van der Waals surface area (Å²) in [5.41, 5.74) is 3.55. The van der Waals surface area contributed by atoms with Crippen LogP contribution in [0.2, 0.25) is 0 Å². The predicted molar refractivity (Wildman–Crippen MR) is 106 cm³/mol. The molecule has 2 aromatic rings. The minimum atomic E-state index is -0.588. The molecular formula is C22H27NO4. The summed E-state index contributed by atoms with van der Waals surface area (Å²) in [7, 11) is 0. The van der Waals surface area contributed by atoms with E-state index in [4.69, 9.17) is 9.47 Å². The van der Waals surface area contributed by atoms with Crippen LogP contribution in [0.1, 0.15) is 37.5 Å². The van der Waals surface area contributed by atoms with Gasteiger partial charge in [0.25, 0.3) is 5.91 Å². The van der Waals surface area contributed by atoms with Crippen molar-refractivity contribution in [2.75, 3.05) is 18.5 Å². The van der Waals surface area contributed by atoms with E-state index in [1.165, 1.54) is 0 Å². The Morgan fingerprint density at radius 3 is 2.19 bits per heavy atom. The molecule has 0 aliphatic carbocycles. The SMILES string of the molecule is Cc1cccc(C)c1NC(=O)COC(=O)COc1ccccc1C(C)(C)C. The number of anilines is 1. The first-order valence-corrected chi connectivity index (χ1v) is 8.92. The zero-order valence-electron chi connectivity index (χ0n) is 16.6. The lowest BCUT2D eigenvalue weighted by molar-refractivity contribution is -0.149. The summed E-state index contributed by atoms with van der Waals surface area (Å²) in [6, 6.07) is 13.3. The monoisotopic (exact) mass is 369 g/mol. The van der Waals surface area contributed by atoms with Crippen molar-refractivity contribution >= 4 is 17.6 Å². The van der Waals surface area contributed by atoms with Crippen LogP contribution < -0.4 is 10.1 Å². The number of hydrogen-bond donors (Lipinski definition) is 1. The Hall–Kier alpha value is -2.82. The van der Waals surface area contributed by atoms with E-state index >= 15 is 0 Å². The van der Waals surface area contributed by atoms with Crippen LogP contribution in [0.25, 0.3) is 0 Å². The normalized spacial score (nSPS) is 11.0. The number of nitrogens with one attached hydrogen (secondary N) is 1. The first kappa shape index (κ1) is 20.5. The van der Waals surface area contributed by atoms with E-state index in [0.29, 0.717) is 5.75 Å². The zero-order valence-corrected chi connectivity index (χ0v) is 16.6. The van der Waals surface area contributed by atoms with E-state index in [0.717, 1.165) is 22.4 Å². The van der Waals surface area contributed by atoms with Crippen LogP contribution in [-0.2, 0) is 19.7 Å². The van der Waals surface area contributed by atoms with Gasteiger partial charge in [-0.05, 0) is 42.0 Å². The molecule has 1 N–H and O–H groups in total. The van der Waals surface area contributed by atoms with Crippen LogP contribution >= 0.6 is 0 Å². The van der Waals surface area contributed by atoms with Gasteiger partial charge in [0.05, 0.1) is 0 Å². The molecule has 0 spiro atoms. The van der Waals surface area contributed by atoms with Crippen molar-refractivity contribution in [3.63, 3.8) is 0 Å². The number of aryl methyl sites for hydroxylation is 2. The molecule has 0 aliphatic heterocycles. The van der Waals surface area contributed by atoms with Crippen molar-refractivity contribution in [1.29, 1.82) is 0 Å². The Morgan fingerprint density at radius 2 is 1.56 bits per heavy atom. The quantitative estimate of drug-likeness (QED) is 0.777. The molecule has 0 radical (unpaired) electrons. The van der Waals surface area contributed by atoms with E-state index in [-0.39, 0.29) is 24.5 Å². The number of carbonyl (C=O) groups excluding carboxylic acids is 2. The fourth-order valence-electron chi connectivity index (χ4n) is 2.72. The molecule has 5 heteroatoms. The highest BCUT2D eigenvalue weighted by molar-refractivity contribution is 5.94. The molecule has 0 saturated carbocycles. The zero-order chi connectivity index (χ0) is 20.0. The van der Waals surface area contributed by atoms with Gasteiger partial charge < -0.3 is 14.8 Å². The molecule has 0 aliphatic rings. The van der Waals surface area contributed by atoms with Crippen LogP contribution in [0, 0.1) is 13.8 Å². The largest absolute Gasteiger partial charge is 0.482 e. The first-order valence-electron chi connectivity index (χ1n) is 8.92. The second kappa shape index (κ2) is 8.71. The highest BCUT2D eigenvalue weighted by Gasteiger charge is 2.19. The van der Waals surface area contributed by atoms with Crippen molar-refractivity contribution in [1.82, 2.24) is 0 Å². The van der Waals surface area contributed by atoms with Crippen LogP contribution in [-0.4, -0.2) is 25.1 Å². The number of amides is 1. The van der Waals surface area contributed by atoms with Crippen molar-refractivity contribution in [2.24, 2.45) is 0 Å². The molecule has 0 atom stereocenters. The van der Waals surface area contributed by atoms with Crippen LogP contribution in [0.5, 0.6) is 5.75 Å². The molecule has 0 saturated heterocycles.